The Balaban J connectivity index is 2.27. The molecule has 3 N–H and O–H groups in total. The molecule has 0 aliphatic carbocycles. The highest BCUT2D eigenvalue weighted by molar-refractivity contribution is 5.91. The van der Waals surface area contributed by atoms with Gasteiger partial charge in [0.2, 0.25) is 0 Å². The minimum absolute atomic E-state index is 0.232. The maximum Gasteiger partial charge on any atom is 0.271 e. The van der Waals surface area contributed by atoms with E-state index in [1.165, 1.54) is 12.4 Å². The fourth-order valence-electron chi connectivity index (χ4n) is 1.12. The maximum atomic E-state index is 11.5. The van der Waals surface area contributed by atoms with E-state index >= 15 is 0 Å². The Morgan fingerprint density at radius 3 is 2.88 bits per heavy atom. The number of anilines is 1. The van der Waals surface area contributed by atoms with Gasteiger partial charge >= 0.3 is 0 Å². The highest BCUT2D eigenvalue weighted by Gasteiger charge is 2.05. The molecule has 16 heavy (non-hydrogen) atoms. The number of nitrogens with zero attached hydrogens (tertiary/aromatic N) is 2. The normalized spacial score (nSPS) is 10.1. The molecule has 0 saturated carbocycles. The number of carbonyl (C=O) groups excluding carboxylic acids is 1. The van der Waals surface area contributed by atoms with E-state index in [1.807, 2.05) is 0 Å². The molecule has 6 heteroatoms. The lowest BCUT2D eigenvalue weighted by Crippen LogP contribution is -2.25. The largest absolute Gasteiger partial charge is 0.385 e. The van der Waals surface area contributed by atoms with E-state index in [2.05, 4.69) is 15.3 Å². The van der Waals surface area contributed by atoms with Crippen molar-refractivity contribution < 1.29 is 9.53 Å². The van der Waals surface area contributed by atoms with E-state index in [9.17, 15) is 4.79 Å². The maximum absolute atomic E-state index is 11.5. The zero-order valence-corrected chi connectivity index (χ0v) is 9.27. The fourth-order valence-corrected chi connectivity index (χ4v) is 1.12. The Kier molecular flexibility index (Phi) is 5.21. The average molecular weight is 224 g/mol. The summed E-state index contributed by atoms with van der Waals surface area (Å²) >= 11 is 0. The zero-order valence-electron chi connectivity index (χ0n) is 9.27. The summed E-state index contributed by atoms with van der Waals surface area (Å²) in [5.74, 6) is 0.0709. The van der Waals surface area contributed by atoms with Crippen molar-refractivity contribution in [2.45, 2.75) is 12.8 Å². The smallest absolute Gasteiger partial charge is 0.271 e. The predicted molar refractivity (Wildman–Crippen MR) is 59.9 cm³/mol. The molecule has 1 aromatic heterocycles. The summed E-state index contributed by atoms with van der Waals surface area (Å²) < 4.78 is 4.90. The molecular formula is C10H16N4O2. The second-order valence-corrected chi connectivity index (χ2v) is 3.28. The molecule has 1 aromatic rings. The number of aromatic nitrogens is 2. The molecule has 0 spiro atoms. The van der Waals surface area contributed by atoms with Gasteiger partial charge in [0.05, 0.1) is 12.4 Å². The van der Waals surface area contributed by atoms with Crippen molar-refractivity contribution in [2.75, 3.05) is 26.0 Å². The summed E-state index contributed by atoms with van der Waals surface area (Å²) in [4.78, 5) is 19.2. The van der Waals surface area contributed by atoms with Gasteiger partial charge in [0.15, 0.2) is 0 Å². The van der Waals surface area contributed by atoms with Crippen LogP contribution in [0, 0.1) is 0 Å². The number of unbranched alkanes of at least 4 members (excludes halogenated alkanes) is 1. The lowest BCUT2D eigenvalue weighted by molar-refractivity contribution is 0.0946. The number of nitrogen functional groups attached to an aromatic ring is 1. The summed E-state index contributed by atoms with van der Waals surface area (Å²) in [6, 6.07) is 0. The molecule has 1 rings (SSSR count). The van der Waals surface area contributed by atoms with Crippen LogP contribution in [0.25, 0.3) is 0 Å². The zero-order chi connectivity index (χ0) is 11.8. The highest BCUT2D eigenvalue weighted by Crippen LogP contribution is 1.96. The van der Waals surface area contributed by atoms with E-state index in [-0.39, 0.29) is 11.6 Å². The number of carbonyl (C=O) groups is 1. The fraction of sp³-hybridized carbons (Fsp3) is 0.500. The summed E-state index contributed by atoms with van der Waals surface area (Å²) in [7, 11) is 1.66. The number of nitrogens with two attached hydrogens (primary N) is 1. The number of nitrogens with one attached hydrogen (secondary N) is 1. The van der Waals surface area contributed by atoms with Gasteiger partial charge in [-0.05, 0) is 12.8 Å². The Morgan fingerprint density at radius 2 is 2.25 bits per heavy atom. The van der Waals surface area contributed by atoms with Crippen molar-refractivity contribution in [1.82, 2.24) is 15.3 Å². The monoisotopic (exact) mass is 224 g/mol. The Hall–Kier alpha value is -1.69. The van der Waals surface area contributed by atoms with Gasteiger partial charge < -0.3 is 15.8 Å². The van der Waals surface area contributed by atoms with Crippen molar-refractivity contribution in [1.29, 1.82) is 0 Å². The van der Waals surface area contributed by atoms with E-state index in [1.54, 1.807) is 7.11 Å². The SMILES string of the molecule is COCCCCNC(=O)c1cnc(N)cn1. The molecule has 0 atom stereocenters. The standard InChI is InChI=1S/C10H16N4O2/c1-16-5-3-2-4-12-10(15)8-6-14-9(11)7-13-8/h6-7H,2-5H2,1H3,(H2,11,14)(H,12,15). The van der Waals surface area contributed by atoms with Crippen molar-refractivity contribution in [2.24, 2.45) is 0 Å². The van der Waals surface area contributed by atoms with Gasteiger partial charge in [-0.15, -0.1) is 0 Å². The summed E-state index contributed by atoms with van der Waals surface area (Å²) in [5.41, 5.74) is 5.64. The molecule has 0 unspecified atom stereocenters. The minimum atomic E-state index is -0.232. The van der Waals surface area contributed by atoms with Crippen LogP contribution < -0.4 is 11.1 Å². The highest BCUT2D eigenvalue weighted by atomic mass is 16.5. The quantitative estimate of drug-likeness (QED) is 0.674. The first-order valence-corrected chi connectivity index (χ1v) is 5.08. The molecule has 88 valence electrons. The number of rotatable bonds is 6. The van der Waals surface area contributed by atoms with Gasteiger partial charge in [-0.2, -0.15) is 0 Å². The molecule has 0 aliphatic rings. The molecule has 0 aromatic carbocycles. The number of hydrogen-bond acceptors (Lipinski definition) is 5. The minimum Gasteiger partial charge on any atom is -0.385 e. The third-order valence-electron chi connectivity index (χ3n) is 1.97. The number of amides is 1. The van der Waals surface area contributed by atoms with E-state index < -0.39 is 0 Å². The van der Waals surface area contributed by atoms with Crippen LogP contribution in [0.5, 0.6) is 0 Å². The molecular weight excluding hydrogens is 208 g/mol. The topological polar surface area (TPSA) is 90.1 Å². The van der Waals surface area contributed by atoms with Crippen molar-refractivity contribution in [3.63, 3.8) is 0 Å². The average Bonchev–Trinajstić information content (AvgIpc) is 2.29. The van der Waals surface area contributed by atoms with Gasteiger partial charge in [-0.3, -0.25) is 4.79 Å². The third kappa shape index (κ3) is 4.22. The van der Waals surface area contributed by atoms with E-state index in [0.29, 0.717) is 19.0 Å². The molecule has 1 amide bonds. The second-order valence-electron chi connectivity index (χ2n) is 3.28. The molecule has 1 heterocycles. The van der Waals surface area contributed by atoms with E-state index in [0.717, 1.165) is 12.8 Å². The van der Waals surface area contributed by atoms with Gasteiger partial charge in [0, 0.05) is 20.3 Å². The first kappa shape index (κ1) is 12.4. The van der Waals surface area contributed by atoms with Crippen LogP contribution in [0.3, 0.4) is 0 Å². The van der Waals surface area contributed by atoms with Gasteiger partial charge in [0.1, 0.15) is 11.5 Å². The van der Waals surface area contributed by atoms with Crippen molar-refractivity contribution >= 4 is 11.7 Å². The number of ether oxygens (including phenoxy) is 1. The predicted octanol–water partition coefficient (Wildman–Crippen LogP) is 0.215. The lowest BCUT2D eigenvalue weighted by Gasteiger charge is -2.04. The number of hydrogen-bond donors (Lipinski definition) is 2. The van der Waals surface area contributed by atoms with Crippen LogP contribution in [-0.4, -0.2) is 36.1 Å². The van der Waals surface area contributed by atoms with Crippen LogP contribution in [0.4, 0.5) is 5.82 Å². The molecule has 0 aliphatic heterocycles. The van der Waals surface area contributed by atoms with Crippen LogP contribution in [-0.2, 0) is 4.74 Å². The first-order valence-electron chi connectivity index (χ1n) is 5.08. The molecule has 6 nitrogen and oxygen atoms in total. The van der Waals surface area contributed by atoms with E-state index in [4.69, 9.17) is 10.5 Å². The molecule has 0 saturated heterocycles. The van der Waals surface area contributed by atoms with Crippen LogP contribution in [0.1, 0.15) is 23.3 Å². The Bertz CT molecular complexity index is 326. The first-order chi connectivity index (χ1) is 7.74. The van der Waals surface area contributed by atoms with Crippen LogP contribution in [0.15, 0.2) is 12.4 Å². The Labute approximate surface area is 94.2 Å². The van der Waals surface area contributed by atoms with Gasteiger partial charge in [0.25, 0.3) is 5.91 Å². The van der Waals surface area contributed by atoms with Crippen molar-refractivity contribution in [3.05, 3.63) is 18.1 Å². The third-order valence-corrected chi connectivity index (χ3v) is 1.97. The van der Waals surface area contributed by atoms with Gasteiger partial charge in [-0.25, -0.2) is 9.97 Å². The summed E-state index contributed by atoms with van der Waals surface area (Å²) in [6.45, 7) is 1.31. The van der Waals surface area contributed by atoms with Crippen LogP contribution in [0.2, 0.25) is 0 Å². The Morgan fingerprint density at radius 1 is 1.44 bits per heavy atom. The second kappa shape index (κ2) is 6.73. The molecule has 0 fully saturated rings. The lowest BCUT2D eigenvalue weighted by atomic mass is 10.3. The summed E-state index contributed by atoms with van der Waals surface area (Å²) in [5, 5.41) is 2.74. The summed E-state index contributed by atoms with van der Waals surface area (Å²) in [6.07, 6.45) is 4.52. The molecule has 0 radical (unpaired) electrons. The van der Waals surface area contributed by atoms with Gasteiger partial charge in [-0.1, -0.05) is 0 Å². The van der Waals surface area contributed by atoms with Crippen molar-refractivity contribution in [3.8, 4) is 0 Å². The molecule has 0 bridgehead atoms. The van der Waals surface area contributed by atoms with Crippen LogP contribution >= 0.6 is 0 Å². The number of methoxy groups -OCH3 is 1.